The second-order valence-electron chi connectivity index (χ2n) is 5.69. The van der Waals surface area contributed by atoms with Crippen molar-refractivity contribution in [2.24, 2.45) is 23.7 Å². The van der Waals surface area contributed by atoms with E-state index in [0.717, 1.165) is 44.4 Å². The molecule has 1 saturated carbocycles. The summed E-state index contributed by atoms with van der Waals surface area (Å²) < 4.78 is 0. The van der Waals surface area contributed by atoms with Crippen LogP contribution in [0.1, 0.15) is 19.8 Å². The van der Waals surface area contributed by atoms with Crippen LogP contribution in [0.15, 0.2) is 0 Å². The van der Waals surface area contributed by atoms with Gasteiger partial charge in [0.2, 0.25) is 5.91 Å². The SMILES string of the molecule is C[C@H]1C[C@H]1C(=O)N1C[C@@H]2CNC[C@@H](C2)C1. The Morgan fingerprint density at radius 2 is 1.80 bits per heavy atom. The minimum absolute atomic E-state index is 0.372. The van der Waals surface area contributed by atoms with Crippen molar-refractivity contribution in [3.8, 4) is 0 Å². The third kappa shape index (κ3) is 1.78. The third-order valence-corrected chi connectivity index (χ3v) is 4.23. The van der Waals surface area contributed by atoms with Crippen molar-refractivity contribution < 1.29 is 4.79 Å². The van der Waals surface area contributed by atoms with E-state index < -0.39 is 0 Å². The normalized spacial score (nSPS) is 43.9. The maximum absolute atomic E-state index is 12.1. The lowest BCUT2D eigenvalue weighted by Crippen LogP contribution is -2.53. The van der Waals surface area contributed by atoms with E-state index in [1.807, 2.05) is 0 Å². The van der Waals surface area contributed by atoms with Gasteiger partial charge < -0.3 is 10.2 Å². The van der Waals surface area contributed by atoms with Crippen LogP contribution in [0, 0.1) is 23.7 Å². The number of rotatable bonds is 1. The van der Waals surface area contributed by atoms with E-state index >= 15 is 0 Å². The first-order valence-corrected chi connectivity index (χ1v) is 6.23. The molecule has 1 aliphatic carbocycles. The molecule has 0 aromatic carbocycles. The molecule has 3 aliphatic rings. The zero-order valence-corrected chi connectivity index (χ0v) is 9.41. The van der Waals surface area contributed by atoms with Gasteiger partial charge in [0.05, 0.1) is 0 Å². The van der Waals surface area contributed by atoms with Crippen molar-refractivity contribution in [1.29, 1.82) is 0 Å². The number of carbonyl (C=O) groups excluding carboxylic acids is 1. The van der Waals surface area contributed by atoms with Gasteiger partial charge in [0.1, 0.15) is 0 Å². The Morgan fingerprint density at radius 3 is 2.33 bits per heavy atom. The van der Waals surface area contributed by atoms with E-state index in [9.17, 15) is 4.79 Å². The van der Waals surface area contributed by atoms with Gasteiger partial charge in [0.25, 0.3) is 0 Å². The van der Waals surface area contributed by atoms with Crippen molar-refractivity contribution in [3.63, 3.8) is 0 Å². The minimum Gasteiger partial charge on any atom is -0.342 e. The molecule has 4 atom stereocenters. The summed E-state index contributed by atoms with van der Waals surface area (Å²) in [6.07, 6.45) is 2.46. The number of fused-ring (bicyclic) bond motifs is 2. The van der Waals surface area contributed by atoms with Crippen LogP contribution < -0.4 is 5.32 Å². The van der Waals surface area contributed by atoms with Crippen LogP contribution in [0.4, 0.5) is 0 Å². The minimum atomic E-state index is 0.372. The second kappa shape index (κ2) is 3.48. The number of nitrogens with zero attached hydrogens (tertiary/aromatic N) is 1. The number of hydrogen-bond donors (Lipinski definition) is 1. The number of carbonyl (C=O) groups is 1. The summed E-state index contributed by atoms with van der Waals surface area (Å²) in [5.74, 6) is 2.90. The van der Waals surface area contributed by atoms with E-state index in [4.69, 9.17) is 0 Å². The average Bonchev–Trinajstić information content (AvgIpc) is 2.94. The summed E-state index contributed by atoms with van der Waals surface area (Å²) in [6, 6.07) is 0. The average molecular weight is 208 g/mol. The molecule has 1 N–H and O–H groups in total. The highest BCUT2D eigenvalue weighted by atomic mass is 16.2. The lowest BCUT2D eigenvalue weighted by molar-refractivity contribution is -0.136. The molecule has 0 unspecified atom stereocenters. The molecule has 0 spiro atoms. The van der Waals surface area contributed by atoms with E-state index in [2.05, 4.69) is 17.1 Å². The third-order valence-electron chi connectivity index (χ3n) is 4.23. The molecule has 2 aliphatic heterocycles. The van der Waals surface area contributed by atoms with Crippen molar-refractivity contribution in [3.05, 3.63) is 0 Å². The summed E-state index contributed by atoms with van der Waals surface area (Å²) in [6.45, 7) is 6.42. The van der Waals surface area contributed by atoms with Crippen LogP contribution in [0.5, 0.6) is 0 Å². The van der Waals surface area contributed by atoms with E-state index in [1.54, 1.807) is 0 Å². The number of amides is 1. The summed E-state index contributed by atoms with van der Waals surface area (Å²) in [7, 11) is 0. The van der Waals surface area contributed by atoms with Crippen molar-refractivity contribution in [2.45, 2.75) is 19.8 Å². The quantitative estimate of drug-likeness (QED) is 0.688. The van der Waals surface area contributed by atoms with Gasteiger partial charge in [-0.2, -0.15) is 0 Å². The zero-order valence-electron chi connectivity index (χ0n) is 9.41. The molecule has 84 valence electrons. The van der Waals surface area contributed by atoms with E-state index in [-0.39, 0.29) is 0 Å². The second-order valence-corrected chi connectivity index (χ2v) is 5.69. The Hall–Kier alpha value is -0.570. The topological polar surface area (TPSA) is 32.3 Å². The molecule has 2 bridgehead atoms. The lowest BCUT2D eigenvalue weighted by Gasteiger charge is -2.41. The summed E-state index contributed by atoms with van der Waals surface area (Å²) in [4.78, 5) is 14.3. The van der Waals surface area contributed by atoms with Gasteiger partial charge in [-0.3, -0.25) is 4.79 Å². The molecule has 3 heteroatoms. The summed E-state index contributed by atoms with van der Waals surface area (Å²) in [5, 5.41) is 3.46. The van der Waals surface area contributed by atoms with Gasteiger partial charge in [-0.05, 0) is 43.7 Å². The van der Waals surface area contributed by atoms with Crippen LogP contribution in [-0.2, 0) is 4.79 Å². The molecular weight excluding hydrogens is 188 g/mol. The Kier molecular flexibility index (Phi) is 2.23. The standard InChI is InChI=1S/C12H20N2O/c1-8-2-11(8)12(15)14-6-9-3-10(7-14)5-13-4-9/h8-11,13H,2-7H2,1H3/t8-,9-,10+,11+/m0/s1. The monoisotopic (exact) mass is 208 g/mol. The van der Waals surface area contributed by atoms with Crippen LogP contribution in [0.2, 0.25) is 0 Å². The maximum atomic E-state index is 12.1. The van der Waals surface area contributed by atoms with Crippen LogP contribution in [0.25, 0.3) is 0 Å². The molecule has 3 fully saturated rings. The van der Waals surface area contributed by atoms with Gasteiger partial charge in [0, 0.05) is 19.0 Å². The van der Waals surface area contributed by atoms with Gasteiger partial charge in [0.15, 0.2) is 0 Å². The van der Waals surface area contributed by atoms with E-state index in [1.165, 1.54) is 6.42 Å². The zero-order chi connectivity index (χ0) is 10.4. The first kappa shape index (κ1) is 9.64. The fourth-order valence-corrected chi connectivity index (χ4v) is 3.19. The van der Waals surface area contributed by atoms with Gasteiger partial charge in [-0.1, -0.05) is 6.92 Å². The smallest absolute Gasteiger partial charge is 0.225 e. The molecule has 15 heavy (non-hydrogen) atoms. The first-order chi connectivity index (χ1) is 7.24. The highest BCUT2D eigenvalue weighted by molar-refractivity contribution is 5.81. The molecule has 1 amide bonds. The lowest BCUT2D eigenvalue weighted by atomic mass is 9.85. The van der Waals surface area contributed by atoms with Crippen molar-refractivity contribution in [2.75, 3.05) is 26.2 Å². The van der Waals surface area contributed by atoms with Crippen LogP contribution in [0.3, 0.4) is 0 Å². The fraction of sp³-hybridized carbons (Fsp3) is 0.917. The molecule has 0 aromatic heterocycles. The van der Waals surface area contributed by atoms with Gasteiger partial charge in [-0.15, -0.1) is 0 Å². The number of piperidine rings is 2. The van der Waals surface area contributed by atoms with Crippen LogP contribution >= 0.6 is 0 Å². The molecular formula is C12H20N2O. The predicted molar refractivity (Wildman–Crippen MR) is 58.3 cm³/mol. The molecule has 0 radical (unpaired) electrons. The van der Waals surface area contributed by atoms with Crippen molar-refractivity contribution in [1.82, 2.24) is 10.2 Å². The molecule has 3 rings (SSSR count). The van der Waals surface area contributed by atoms with Crippen molar-refractivity contribution >= 4 is 5.91 Å². The van der Waals surface area contributed by atoms with E-state index in [0.29, 0.717) is 17.7 Å². The van der Waals surface area contributed by atoms with Crippen LogP contribution in [-0.4, -0.2) is 37.0 Å². The Balaban J connectivity index is 1.64. The Labute approximate surface area is 91.2 Å². The molecule has 2 saturated heterocycles. The molecule has 3 nitrogen and oxygen atoms in total. The number of nitrogens with one attached hydrogen (secondary N) is 1. The van der Waals surface area contributed by atoms with Gasteiger partial charge >= 0.3 is 0 Å². The Morgan fingerprint density at radius 1 is 1.20 bits per heavy atom. The highest BCUT2D eigenvalue weighted by Gasteiger charge is 2.43. The molecule has 0 aromatic rings. The highest BCUT2D eigenvalue weighted by Crippen LogP contribution is 2.40. The summed E-state index contributed by atoms with van der Waals surface area (Å²) >= 11 is 0. The number of hydrogen-bond acceptors (Lipinski definition) is 2. The largest absolute Gasteiger partial charge is 0.342 e. The Bertz CT molecular complexity index is 267. The number of likely N-dealkylation sites (tertiary alicyclic amines) is 1. The maximum Gasteiger partial charge on any atom is 0.225 e. The first-order valence-electron chi connectivity index (χ1n) is 6.23. The fourth-order valence-electron chi connectivity index (χ4n) is 3.19. The van der Waals surface area contributed by atoms with Gasteiger partial charge in [-0.25, -0.2) is 0 Å². The summed E-state index contributed by atoms with van der Waals surface area (Å²) in [5.41, 5.74) is 0. The predicted octanol–water partition coefficient (Wildman–Crippen LogP) is 0.710. The molecule has 2 heterocycles.